The van der Waals surface area contributed by atoms with Gasteiger partial charge in [-0.15, -0.1) is 0 Å². The number of imide groups is 1. The van der Waals surface area contributed by atoms with Crippen molar-refractivity contribution in [3.05, 3.63) is 23.8 Å². The molecule has 7 heteroatoms. The van der Waals surface area contributed by atoms with E-state index < -0.39 is 29.3 Å². The largest absolute Gasteiger partial charge is 0.443 e. The summed E-state index contributed by atoms with van der Waals surface area (Å²) in [6, 6.07) is 1.33. The van der Waals surface area contributed by atoms with Gasteiger partial charge in [-0.25, -0.2) is 14.6 Å². The Bertz CT molecular complexity index is 575. The van der Waals surface area contributed by atoms with Crippen molar-refractivity contribution in [1.29, 1.82) is 0 Å². The van der Waals surface area contributed by atoms with Gasteiger partial charge in [-0.2, -0.15) is 9.29 Å². The van der Waals surface area contributed by atoms with Crippen LogP contribution in [0.25, 0.3) is 0 Å². The fraction of sp³-hybridized carbons (Fsp3) is 0.562. The van der Waals surface area contributed by atoms with E-state index in [1.807, 2.05) is 0 Å². The van der Waals surface area contributed by atoms with E-state index >= 15 is 0 Å². The van der Waals surface area contributed by atoms with Crippen LogP contribution in [-0.2, 0) is 9.47 Å². The minimum atomic E-state index is -0.917. The molecule has 1 heterocycles. The van der Waals surface area contributed by atoms with Gasteiger partial charge in [-0.3, -0.25) is 0 Å². The lowest BCUT2D eigenvalue weighted by atomic mass is 10.2. The van der Waals surface area contributed by atoms with Crippen LogP contribution in [0, 0.1) is 12.9 Å². The molecule has 1 rings (SSSR count). The number of nitrogens with zero attached hydrogens (tertiary/aromatic N) is 2. The van der Waals surface area contributed by atoms with E-state index in [-0.39, 0.29) is 11.3 Å². The van der Waals surface area contributed by atoms with Crippen molar-refractivity contribution in [2.75, 3.05) is 4.90 Å². The third kappa shape index (κ3) is 5.84. The molecule has 0 saturated heterocycles. The summed E-state index contributed by atoms with van der Waals surface area (Å²) in [5, 5.41) is 0. The maximum Gasteiger partial charge on any atom is 0.424 e. The van der Waals surface area contributed by atoms with Crippen LogP contribution < -0.4 is 4.90 Å². The van der Waals surface area contributed by atoms with Gasteiger partial charge in [0.15, 0.2) is 0 Å². The predicted molar refractivity (Wildman–Crippen MR) is 83.9 cm³/mol. The summed E-state index contributed by atoms with van der Waals surface area (Å²) >= 11 is 0. The van der Waals surface area contributed by atoms with Crippen LogP contribution in [0.3, 0.4) is 0 Å². The van der Waals surface area contributed by atoms with E-state index in [0.29, 0.717) is 4.90 Å². The SMILES string of the molecule is Cc1cc(N(C(=O)OC(C)(C)C)C(=O)OC(C)(C)C)cnc1F. The van der Waals surface area contributed by atoms with Crippen molar-refractivity contribution in [1.82, 2.24) is 4.98 Å². The molecule has 0 aliphatic heterocycles. The maximum absolute atomic E-state index is 13.3. The number of aromatic nitrogens is 1. The van der Waals surface area contributed by atoms with Crippen molar-refractivity contribution in [3.63, 3.8) is 0 Å². The van der Waals surface area contributed by atoms with Crippen LogP contribution in [0.4, 0.5) is 19.7 Å². The first-order chi connectivity index (χ1) is 10.3. The lowest BCUT2D eigenvalue weighted by Gasteiger charge is -2.28. The molecule has 2 amide bonds. The normalized spacial score (nSPS) is 11.8. The number of aryl methyl sites for hydroxylation is 1. The molecule has 0 unspecified atom stereocenters. The van der Waals surface area contributed by atoms with Crippen LogP contribution in [0.2, 0.25) is 0 Å². The number of amides is 2. The number of hydrogen-bond donors (Lipinski definition) is 0. The predicted octanol–water partition coefficient (Wildman–Crippen LogP) is 4.21. The molecule has 6 nitrogen and oxygen atoms in total. The summed E-state index contributed by atoms with van der Waals surface area (Å²) in [7, 11) is 0. The Kier molecular flexibility index (Phi) is 5.35. The number of carbonyl (C=O) groups is 2. The topological polar surface area (TPSA) is 68.7 Å². The van der Waals surface area contributed by atoms with Gasteiger partial charge < -0.3 is 9.47 Å². The first-order valence-corrected chi connectivity index (χ1v) is 7.18. The van der Waals surface area contributed by atoms with Crippen molar-refractivity contribution in [2.24, 2.45) is 0 Å². The molecule has 0 spiro atoms. The molecule has 0 aliphatic carbocycles. The van der Waals surface area contributed by atoms with Gasteiger partial charge >= 0.3 is 12.2 Å². The van der Waals surface area contributed by atoms with Crippen molar-refractivity contribution in [3.8, 4) is 0 Å². The summed E-state index contributed by atoms with van der Waals surface area (Å²) in [5.41, 5.74) is -1.34. The molecule has 0 fully saturated rings. The van der Waals surface area contributed by atoms with E-state index in [4.69, 9.17) is 9.47 Å². The van der Waals surface area contributed by atoms with Gasteiger partial charge in [-0.05, 0) is 54.5 Å². The molecule has 0 N–H and O–H groups in total. The van der Waals surface area contributed by atoms with Crippen LogP contribution in [-0.4, -0.2) is 28.4 Å². The molecule has 1 aromatic heterocycles. The first kappa shape index (κ1) is 18.9. The minimum Gasteiger partial charge on any atom is -0.443 e. The quantitative estimate of drug-likeness (QED) is 0.723. The lowest BCUT2D eigenvalue weighted by molar-refractivity contribution is 0.0430. The standard InChI is InChI=1S/C16H23FN2O4/c1-10-8-11(9-18-12(10)17)19(13(20)22-15(2,3)4)14(21)23-16(5,6)7/h8-9H,1-7H3. The van der Waals surface area contributed by atoms with Crippen molar-refractivity contribution in [2.45, 2.75) is 59.7 Å². The smallest absolute Gasteiger partial charge is 0.424 e. The monoisotopic (exact) mass is 326 g/mol. The fourth-order valence-corrected chi connectivity index (χ4v) is 1.57. The number of halogens is 1. The summed E-state index contributed by atoms with van der Waals surface area (Å²) in [6.07, 6.45) is -0.755. The molecular formula is C16H23FN2O4. The van der Waals surface area contributed by atoms with E-state index in [2.05, 4.69) is 4.98 Å². The Morgan fingerprint density at radius 2 is 1.48 bits per heavy atom. The molecule has 0 aliphatic rings. The van der Waals surface area contributed by atoms with Gasteiger partial charge in [0, 0.05) is 5.56 Å². The second-order valence-electron chi connectivity index (χ2n) is 7.10. The lowest BCUT2D eigenvalue weighted by Crippen LogP contribution is -2.43. The third-order valence-corrected chi connectivity index (χ3v) is 2.41. The van der Waals surface area contributed by atoms with Crippen molar-refractivity contribution >= 4 is 17.9 Å². The molecule has 0 bridgehead atoms. The number of pyridine rings is 1. The zero-order valence-electron chi connectivity index (χ0n) is 14.6. The molecule has 128 valence electrons. The zero-order chi connectivity index (χ0) is 18.0. The molecule has 23 heavy (non-hydrogen) atoms. The van der Waals surface area contributed by atoms with Crippen molar-refractivity contribution < 1.29 is 23.5 Å². The van der Waals surface area contributed by atoms with Crippen LogP contribution in [0.1, 0.15) is 47.1 Å². The number of rotatable bonds is 1. The second kappa shape index (κ2) is 6.52. The van der Waals surface area contributed by atoms with Gasteiger partial charge in [0.05, 0.1) is 11.9 Å². The van der Waals surface area contributed by atoms with E-state index in [1.54, 1.807) is 41.5 Å². The highest BCUT2D eigenvalue weighted by Gasteiger charge is 2.33. The maximum atomic E-state index is 13.3. The van der Waals surface area contributed by atoms with Gasteiger partial charge in [-0.1, -0.05) is 0 Å². The average Bonchev–Trinajstić information content (AvgIpc) is 2.29. The summed E-state index contributed by atoms with van der Waals surface area (Å²) in [6.45, 7) is 11.5. The number of ether oxygens (including phenoxy) is 2. The van der Waals surface area contributed by atoms with E-state index in [9.17, 15) is 14.0 Å². The first-order valence-electron chi connectivity index (χ1n) is 7.18. The molecule has 1 aromatic rings. The third-order valence-electron chi connectivity index (χ3n) is 2.41. The number of carbonyl (C=O) groups excluding carboxylic acids is 2. The number of anilines is 1. The molecule has 0 atom stereocenters. The molecular weight excluding hydrogens is 303 g/mol. The highest BCUT2D eigenvalue weighted by molar-refractivity contribution is 6.09. The fourth-order valence-electron chi connectivity index (χ4n) is 1.57. The highest BCUT2D eigenvalue weighted by Crippen LogP contribution is 2.22. The zero-order valence-corrected chi connectivity index (χ0v) is 14.6. The minimum absolute atomic E-state index is 0.0763. The van der Waals surface area contributed by atoms with Crippen LogP contribution in [0.5, 0.6) is 0 Å². The Labute approximate surface area is 135 Å². The Morgan fingerprint density at radius 1 is 1.04 bits per heavy atom. The summed E-state index contributed by atoms with van der Waals surface area (Å²) < 4.78 is 23.8. The van der Waals surface area contributed by atoms with E-state index in [1.165, 1.54) is 13.0 Å². The van der Waals surface area contributed by atoms with Crippen LogP contribution >= 0.6 is 0 Å². The summed E-state index contributed by atoms with van der Waals surface area (Å²) in [4.78, 5) is 29.0. The Morgan fingerprint density at radius 3 is 1.83 bits per heavy atom. The van der Waals surface area contributed by atoms with Gasteiger partial charge in [0.25, 0.3) is 0 Å². The number of hydrogen-bond acceptors (Lipinski definition) is 5. The highest BCUT2D eigenvalue weighted by atomic mass is 19.1. The van der Waals surface area contributed by atoms with Gasteiger partial charge in [0.2, 0.25) is 5.95 Å². The molecule has 0 saturated carbocycles. The van der Waals surface area contributed by atoms with E-state index in [0.717, 1.165) is 6.20 Å². The Balaban J connectivity index is 3.22. The Hall–Kier alpha value is -2.18. The van der Waals surface area contributed by atoms with Crippen LogP contribution in [0.15, 0.2) is 12.3 Å². The summed E-state index contributed by atoms with van der Waals surface area (Å²) in [5.74, 6) is -0.679. The molecule has 0 aromatic carbocycles. The second-order valence-corrected chi connectivity index (χ2v) is 7.10. The average molecular weight is 326 g/mol. The van der Waals surface area contributed by atoms with Gasteiger partial charge in [0.1, 0.15) is 11.2 Å². The molecule has 0 radical (unpaired) electrons.